The van der Waals surface area contributed by atoms with Gasteiger partial charge in [0.2, 0.25) is 0 Å². The number of para-hydroxylation sites is 4. The van der Waals surface area contributed by atoms with Crippen LogP contribution in [-0.4, -0.2) is 9.13 Å². The zero-order valence-electron chi connectivity index (χ0n) is 27.5. The second-order valence-corrected chi connectivity index (χ2v) is 12.6. The SMILES string of the molecule is N#Cc1ccc(-c2cccc(-n3c4ccccc4c4ccccc43)c2C#N)c(-c2cccc(C#N)c2-n2c3ccccc3c3cc(C#N)ccc32)c1. The Kier molecular flexibility index (Phi) is 6.91. The first-order chi connectivity index (χ1) is 25.6. The predicted molar refractivity (Wildman–Crippen MR) is 205 cm³/mol. The van der Waals surface area contributed by atoms with Gasteiger partial charge in [-0.3, -0.25) is 0 Å². The van der Waals surface area contributed by atoms with Crippen molar-refractivity contribution in [1.29, 1.82) is 21.0 Å². The van der Waals surface area contributed by atoms with Crippen molar-refractivity contribution >= 4 is 43.6 Å². The molecule has 6 nitrogen and oxygen atoms in total. The van der Waals surface area contributed by atoms with E-state index >= 15 is 0 Å². The molecular weight excluding hydrogens is 637 g/mol. The third-order valence-electron chi connectivity index (χ3n) is 9.89. The molecule has 238 valence electrons. The fraction of sp³-hybridized carbons (Fsp3) is 0. The minimum Gasteiger partial charge on any atom is -0.308 e. The predicted octanol–water partition coefficient (Wildman–Crippen LogP) is 10.7. The second kappa shape index (κ2) is 11.9. The lowest BCUT2D eigenvalue weighted by Crippen LogP contribution is -2.03. The lowest BCUT2D eigenvalue weighted by molar-refractivity contribution is 1.17. The largest absolute Gasteiger partial charge is 0.308 e. The maximum absolute atomic E-state index is 10.9. The molecule has 0 N–H and O–H groups in total. The highest BCUT2D eigenvalue weighted by Gasteiger charge is 2.23. The molecule has 0 atom stereocenters. The number of aromatic nitrogens is 2. The summed E-state index contributed by atoms with van der Waals surface area (Å²) in [7, 11) is 0. The van der Waals surface area contributed by atoms with E-state index in [4.69, 9.17) is 0 Å². The van der Waals surface area contributed by atoms with Crippen LogP contribution in [-0.2, 0) is 0 Å². The fourth-order valence-corrected chi connectivity index (χ4v) is 7.70. The summed E-state index contributed by atoms with van der Waals surface area (Å²) >= 11 is 0. The van der Waals surface area contributed by atoms with E-state index < -0.39 is 0 Å². The third-order valence-corrected chi connectivity index (χ3v) is 9.89. The molecule has 7 aromatic carbocycles. The van der Waals surface area contributed by atoms with Crippen LogP contribution >= 0.6 is 0 Å². The van der Waals surface area contributed by atoms with Gasteiger partial charge in [0.25, 0.3) is 0 Å². The fourth-order valence-electron chi connectivity index (χ4n) is 7.70. The smallest absolute Gasteiger partial charge is 0.102 e. The number of fused-ring (bicyclic) bond motifs is 6. The van der Waals surface area contributed by atoms with Crippen molar-refractivity contribution in [2.45, 2.75) is 0 Å². The number of benzene rings is 7. The number of rotatable bonds is 4. The van der Waals surface area contributed by atoms with Crippen LogP contribution < -0.4 is 0 Å². The molecular formula is C46H24N6. The minimum absolute atomic E-state index is 0.442. The Hall–Kier alpha value is -7.90. The van der Waals surface area contributed by atoms with E-state index in [2.05, 4.69) is 57.7 Å². The van der Waals surface area contributed by atoms with Crippen molar-refractivity contribution in [3.8, 4) is 57.9 Å². The van der Waals surface area contributed by atoms with Crippen molar-refractivity contribution in [3.05, 3.63) is 168 Å². The van der Waals surface area contributed by atoms with Crippen molar-refractivity contribution in [2.75, 3.05) is 0 Å². The van der Waals surface area contributed by atoms with Gasteiger partial charge in [-0.15, -0.1) is 0 Å². The number of hydrogen-bond donors (Lipinski definition) is 0. The van der Waals surface area contributed by atoms with Crippen LogP contribution in [0.25, 0.3) is 77.2 Å². The zero-order chi connectivity index (χ0) is 35.3. The highest BCUT2D eigenvalue weighted by molar-refractivity contribution is 6.11. The molecule has 0 aliphatic carbocycles. The Balaban J connectivity index is 1.36. The molecule has 52 heavy (non-hydrogen) atoms. The topological polar surface area (TPSA) is 105 Å². The van der Waals surface area contributed by atoms with Crippen LogP contribution in [0.5, 0.6) is 0 Å². The second-order valence-electron chi connectivity index (χ2n) is 12.6. The van der Waals surface area contributed by atoms with E-state index in [1.807, 2.05) is 103 Å². The molecule has 2 heterocycles. The van der Waals surface area contributed by atoms with E-state index in [1.54, 1.807) is 18.2 Å². The summed E-state index contributed by atoms with van der Waals surface area (Å²) in [4.78, 5) is 0. The molecule has 0 fully saturated rings. The van der Waals surface area contributed by atoms with E-state index in [0.717, 1.165) is 60.4 Å². The van der Waals surface area contributed by atoms with E-state index in [9.17, 15) is 21.0 Å². The number of hydrogen-bond acceptors (Lipinski definition) is 4. The Morgan fingerprint density at radius 2 is 0.923 bits per heavy atom. The molecule has 0 bridgehead atoms. The third kappa shape index (κ3) is 4.40. The van der Waals surface area contributed by atoms with Gasteiger partial charge in [0.1, 0.15) is 12.1 Å². The van der Waals surface area contributed by atoms with Gasteiger partial charge in [-0.2, -0.15) is 21.0 Å². The maximum Gasteiger partial charge on any atom is 0.102 e. The maximum atomic E-state index is 10.9. The lowest BCUT2D eigenvalue weighted by Gasteiger charge is -2.20. The summed E-state index contributed by atoms with van der Waals surface area (Å²) in [6, 6.07) is 56.4. The van der Waals surface area contributed by atoms with Gasteiger partial charge in [0.05, 0.1) is 67.8 Å². The average Bonchev–Trinajstić information content (AvgIpc) is 3.72. The van der Waals surface area contributed by atoms with E-state index in [1.165, 1.54) is 0 Å². The zero-order valence-corrected chi connectivity index (χ0v) is 27.5. The van der Waals surface area contributed by atoms with E-state index in [-0.39, 0.29) is 0 Å². The molecule has 0 aliphatic rings. The monoisotopic (exact) mass is 660 g/mol. The van der Waals surface area contributed by atoms with Crippen LogP contribution in [0.1, 0.15) is 22.3 Å². The lowest BCUT2D eigenvalue weighted by atomic mass is 9.88. The summed E-state index contributed by atoms with van der Waals surface area (Å²) in [5.74, 6) is 0. The first kappa shape index (κ1) is 30.2. The molecule has 6 heteroatoms. The van der Waals surface area contributed by atoms with Crippen molar-refractivity contribution in [3.63, 3.8) is 0 Å². The highest BCUT2D eigenvalue weighted by Crippen LogP contribution is 2.43. The molecule has 0 spiro atoms. The molecule has 0 saturated heterocycles. The molecule has 0 radical (unpaired) electrons. The Morgan fingerprint density at radius 1 is 0.365 bits per heavy atom. The first-order valence-electron chi connectivity index (χ1n) is 16.7. The van der Waals surface area contributed by atoms with Gasteiger partial charge in [0.15, 0.2) is 0 Å². The van der Waals surface area contributed by atoms with Crippen LogP contribution in [0.15, 0.2) is 146 Å². The highest BCUT2D eigenvalue weighted by atomic mass is 15.0. The standard InChI is InChI=1S/C46H24N6/c47-25-29-19-21-33(32-13-8-18-44(40(32)28-50)51-41-15-4-1-10-34(41)35-11-2-5-16-42(35)51)38(23-29)37-14-7-9-31(27-49)46(37)52-43-17-6-3-12-36(43)39-24-30(26-48)20-22-45(39)52/h1-24H. The molecule has 9 rings (SSSR count). The minimum atomic E-state index is 0.442. The normalized spacial score (nSPS) is 11.0. The Morgan fingerprint density at radius 3 is 1.58 bits per heavy atom. The van der Waals surface area contributed by atoms with Crippen molar-refractivity contribution in [1.82, 2.24) is 9.13 Å². The first-order valence-corrected chi connectivity index (χ1v) is 16.7. The van der Waals surface area contributed by atoms with Crippen LogP contribution in [0.3, 0.4) is 0 Å². The summed E-state index contributed by atoms with van der Waals surface area (Å²) in [5.41, 5.74) is 9.90. The molecule has 0 amide bonds. The van der Waals surface area contributed by atoms with E-state index in [0.29, 0.717) is 39.1 Å². The van der Waals surface area contributed by atoms with Crippen LogP contribution in [0.4, 0.5) is 0 Å². The molecule has 0 unspecified atom stereocenters. The molecule has 2 aromatic heterocycles. The number of nitriles is 4. The number of nitrogens with zero attached hydrogens (tertiary/aromatic N) is 6. The van der Waals surface area contributed by atoms with Crippen LogP contribution in [0, 0.1) is 45.3 Å². The van der Waals surface area contributed by atoms with Crippen LogP contribution in [0.2, 0.25) is 0 Å². The van der Waals surface area contributed by atoms with Gasteiger partial charge in [0, 0.05) is 32.7 Å². The van der Waals surface area contributed by atoms with Crippen molar-refractivity contribution in [2.24, 2.45) is 0 Å². The van der Waals surface area contributed by atoms with Gasteiger partial charge < -0.3 is 9.13 Å². The van der Waals surface area contributed by atoms with Gasteiger partial charge in [-0.05, 0) is 71.8 Å². The van der Waals surface area contributed by atoms with Gasteiger partial charge in [-0.1, -0.05) is 84.9 Å². The molecule has 0 saturated carbocycles. The summed E-state index contributed by atoms with van der Waals surface area (Å²) in [6.07, 6.45) is 0. The summed E-state index contributed by atoms with van der Waals surface area (Å²) in [5, 5.41) is 45.4. The molecule has 9 aromatic rings. The van der Waals surface area contributed by atoms with Gasteiger partial charge in [-0.25, -0.2) is 0 Å². The summed E-state index contributed by atoms with van der Waals surface area (Å²) in [6.45, 7) is 0. The Bertz CT molecular complexity index is 3080. The summed E-state index contributed by atoms with van der Waals surface area (Å²) < 4.78 is 4.22. The quantitative estimate of drug-likeness (QED) is 0.187. The van der Waals surface area contributed by atoms with Gasteiger partial charge >= 0.3 is 0 Å². The van der Waals surface area contributed by atoms with Crippen molar-refractivity contribution < 1.29 is 0 Å². The molecule has 0 aliphatic heterocycles. The average molecular weight is 661 g/mol. The Labute approximate surface area is 298 Å².